The lowest BCUT2D eigenvalue weighted by Gasteiger charge is -2.27. The van der Waals surface area contributed by atoms with Gasteiger partial charge in [-0.2, -0.15) is 0 Å². The van der Waals surface area contributed by atoms with Gasteiger partial charge in [0.25, 0.3) is 0 Å². The first-order chi connectivity index (χ1) is 14.7. The van der Waals surface area contributed by atoms with Gasteiger partial charge in [0.1, 0.15) is 0 Å². The van der Waals surface area contributed by atoms with Crippen LogP contribution in [0.5, 0.6) is 0 Å². The van der Waals surface area contributed by atoms with Crippen LogP contribution in [-0.4, -0.2) is 43.2 Å². The van der Waals surface area contributed by atoms with E-state index in [4.69, 9.17) is 4.74 Å². The quantitative estimate of drug-likeness (QED) is 0.630. The molecule has 1 atom stereocenters. The third kappa shape index (κ3) is 5.25. The van der Waals surface area contributed by atoms with E-state index in [1.54, 1.807) is 0 Å². The Morgan fingerprint density at radius 1 is 0.967 bits per heavy atom. The van der Waals surface area contributed by atoms with E-state index in [0.717, 1.165) is 43.9 Å². The molecule has 0 aromatic heterocycles. The normalized spacial score (nSPS) is 15.8. The van der Waals surface area contributed by atoms with E-state index in [1.807, 2.05) is 37.3 Å². The first-order valence-corrected chi connectivity index (χ1v) is 10.6. The summed E-state index contributed by atoms with van der Waals surface area (Å²) in [5.41, 5.74) is 3.35. The maximum atomic E-state index is 12.7. The lowest BCUT2D eigenvalue weighted by molar-refractivity contribution is -0.117. The Morgan fingerprint density at radius 2 is 1.67 bits per heavy atom. The van der Waals surface area contributed by atoms with Crippen molar-refractivity contribution in [2.75, 3.05) is 31.6 Å². The van der Waals surface area contributed by atoms with Gasteiger partial charge in [0.2, 0.25) is 5.91 Å². The summed E-state index contributed by atoms with van der Waals surface area (Å²) in [6, 6.07) is 22.3. The second-order valence-electron chi connectivity index (χ2n) is 7.81. The standard InChI is InChI=1S/C25H29N3O2/c1-19(25(29)27-24-11-10-20-6-2-3-7-21(20)16-24)26-17-22-8-4-5-9-23(22)18-28-12-14-30-15-13-28/h2-11,16,19,26H,12-15,17-18H2,1H3,(H,27,29)/t19-/m1/s1. The number of rotatable bonds is 7. The summed E-state index contributed by atoms with van der Waals surface area (Å²) in [6.45, 7) is 7.00. The minimum Gasteiger partial charge on any atom is -0.379 e. The van der Waals surface area contributed by atoms with Crippen LogP contribution in [0.4, 0.5) is 5.69 Å². The Bertz CT molecular complexity index is 998. The third-order valence-electron chi connectivity index (χ3n) is 5.63. The number of morpholine rings is 1. The molecule has 3 aromatic rings. The third-order valence-corrected chi connectivity index (χ3v) is 5.63. The van der Waals surface area contributed by atoms with Crippen molar-refractivity contribution in [3.05, 3.63) is 77.9 Å². The fourth-order valence-electron chi connectivity index (χ4n) is 3.76. The molecule has 0 radical (unpaired) electrons. The molecule has 4 rings (SSSR count). The zero-order chi connectivity index (χ0) is 20.8. The van der Waals surface area contributed by atoms with Crippen molar-refractivity contribution in [1.29, 1.82) is 0 Å². The maximum Gasteiger partial charge on any atom is 0.241 e. The van der Waals surface area contributed by atoms with Gasteiger partial charge in [-0.25, -0.2) is 0 Å². The Balaban J connectivity index is 1.34. The number of carbonyl (C=O) groups excluding carboxylic acids is 1. The van der Waals surface area contributed by atoms with Crippen LogP contribution < -0.4 is 10.6 Å². The Labute approximate surface area is 178 Å². The fraction of sp³-hybridized carbons (Fsp3) is 0.320. The van der Waals surface area contributed by atoms with Crippen molar-refractivity contribution in [3.63, 3.8) is 0 Å². The van der Waals surface area contributed by atoms with E-state index in [0.29, 0.717) is 6.54 Å². The Kier molecular flexibility index (Phi) is 6.74. The molecule has 1 aliphatic rings. The molecule has 0 saturated carbocycles. The number of ether oxygens (including phenoxy) is 1. The molecule has 5 heteroatoms. The van der Waals surface area contributed by atoms with Crippen LogP contribution in [0.25, 0.3) is 10.8 Å². The summed E-state index contributed by atoms with van der Waals surface area (Å²) in [5, 5.41) is 8.69. The van der Waals surface area contributed by atoms with Gasteiger partial charge in [-0.15, -0.1) is 0 Å². The number of anilines is 1. The average molecular weight is 404 g/mol. The number of hydrogen-bond acceptors (Lipinski definition) is 4. The molecule has 3 aromatic carbocycles. The summed E-state index contributed by atoms with van der Waals surface area (Å²) in [7, 11) is 0. The number of amides is 1. The summed E-state index contributed by atoms with van der Waals surface area (Å²) in [5.74, 6) is -0.0315. The second kappa shape index (κ2) is 9.85. The number of benzene rings is 3. The van der Waals surface area contributed by atoms with Crippen molar-refractivity contribution in [2.45, 2.75) is 26.1 Å². The molecule has 0 unspecified atom stereocenters. The number of nitrogens with zero attached hydrogens (tertiary/aromatic N) is 1. The molecule has 5 nitrogen and oxygen atoms in total. The van der Waals surface area contributed by atoms with Gasteiger partial charge in [-0.05, 0) is 41.0 Å². The van der Waals surface area contributed by atoms with Gasteiger partial charge >= 0.3 is 0 Å². The number of nitrogens with one attached hydrogen (secondary N) is 2. The van der Waals surface area contributed by atoms with Gasteiger partial charge in [-0.3, -0.25) is 9.69 Å². The lowest BCUT2D eigenvalue weighted by Crippen LogP contribution is -2.38. The molecule has 0 bridgehead atoms. The zero-order valence-corrected chi connectivity index (χ0v) is 17.4. The highest BCUT2D eigenvalue weighted by atomic mass is 16.5. The van der Waals surface area contributed by atoms with Crippen LogP contribution in [0.3, 0.4) is 0 Å². The summed E-state index contributed by atoms with van der Waals surface area (Å²) in [6.07, 6.45) is 0. The van der Waals surface area contributed by atoms with E-state index in [-0.39, 0.29) is 11.9 Å². The summed E-state index contributed by atoms with van der Waals surface area (Å²) < 4.78 is 5.45. The van der Waals surface area contributed by atoms with E-state index >= 15 is 0 Å². The molecule has 0 spiro atoms. The van der Waals surface area contributed by atoms with Crippen molar-refractivity contribution < 1.29 is 9.53 Å². The summed E-state index contributed by atoms with van der Waals surface area (Å²) >= 11 is 0. The van der Waals surface area contributed by atoms with Gasteiger partial charge in [0.15, 0.2) is 0 Å². The van der Waals surface area contributed by atoms with Crippen molar-refractivity contribution in [2.24, 2.45) is 0 Å². The molecule has 1 aliphatic heterocycles. The van der Waals surface area contributed by atoms with Crippen molar-refractivity contribution in [1.82, 2.24) is 10.2 Å². The zero-order valence-electron chi connectivity index (χ0n) is 17.4. The molecular weight excluding hydrogens is 374 g/mol. The van der Waals surface area contributed by atoms with Crippen LogP contribution in [0.2, 0.25) is 0 Å². The molecule has 0 aliphatic carbocycles. The van der Waals surface area contributed by atoms with Crippen LogP contribution in [-0.2, 0) is 22.6 Å². The van der Waals surface area contributed by atoms with E-state index in [1.165, 1.54) is 16.5 Å². The molecule has 156 valence electrons. The highest BCUT2D eigenvalue weighted by Crippen LogP contribution is 2.19. The SMILES string of the molecule is C[C@@H](NCc1ccccc1CN1CCOCC1)C(=O)Nc1ccc2ccccc2c1. The molecular formula is C25H29N3O2. The lowest BCUT2D eigenvalue weighted by atomic mass is 10.1. The number of fused-ring (bicyclic) bond motifs is 1. The molecule has 2 N–H and O–H groups in total. The maximum absolute atomic E-state index is 12.7. The molecule has 1 amide bonds. The molecule has 1 heterocycles. The average Bonchev–Trinajstić information content (AvgIpc) is 2.79. The molecule has 1 fully saturated rings. The van der Waals surface area contributed by atoms with Crippen LogP contribution >= 0.6 is 0 Å². The largest absolute Gasteiger partial charge is 0.379 e. The second-order valence-corrected chi connectivity index (χ2v) is 7.81. The molecule has 30 heavy (non-hydrogen) atoms. The van der Waals surface area contributed by atoms with E-state index in [9.17, 15) is 4.79 Å². The number of hydrogen-bond donors (Lipinski definition) is 2. The molecule has 1 saturated heterocycles. The Hall–Kier alpha value is -2.73. The van der Waals surface area contributed by atoms with Crippen molar-refractivity contribution >= 4 is 22.4 Å². The van der Waals surface area contributed by atoms with E-state index in [2.05, 4.69) is 51.9 Å². The van der Waals surface area contributed by atoms with Crippen LogP contribution in [0, 0.1) is 0 Å². The first kappa shape index (κ1) is 20.5. The monoisotopic (exact) mass is 403 g/mol. The van der Waals surface area contributed by atoms with Gasteiger partial charge in [0, 0.05) is 31.9 Å². The first-order valence-electron chi connectivity index (χ1n) is 10.6. The summed E-state index contributed by atoms with van der Waals surface area (Å²) in [4.78, 5) is 15.1. The highest BCUT2D eigenvalue weighted by molar-refractivity contribution is 5.97. The predicted octanol–water partition coefficient (Wildman–Crippen LogP) is 3.79. The predicted molar refractivity (Wildman–Crippen MR) is 121 cm³/mol. The fourth-order valence-corrected chi connectivity index (χ4v) is 3.76. The Morgan fingerprint density at radius 3 is 2.47 bits per heavy atom. The minimum atomic E-state index is -0.298. The van der Waals surface area contributed by atoms with E-state index < -0.39 is 0 Å². The van der Waals surface area contributed by atoms with Crippen LogP contribution in [0.1, 0.15) is 18.1 Å². The smallest absolute Gasteiger partial charge is 0.241 e. The van der Waals surface area contributed by atoms with Gasteiger partial charge in [0.05, 0.1) is 19.3 Å². The highest BCUT2D eigenvalue weighted by Gasteiger charge is 2.15. The van der Waals surface area contributed by atoms with Gasteiger partial charge in [-0.1, -0.05) is 54.6 Å². The van der Waals surface area contributed by atoms with Gasteiger partial charge < -0.3 is 15.4 Å². The minimum absolute atomic E-state index is 0.0315. The topological polar surface area (TPSA) is 53.6 Å². The van der Waals surface area contributed by atoms with Crippen LogP contribution in [0.15, 0.2) is 66.7 Å². The van der Waals surface area contributed by atoms with Crippen molar-refractivity contribution in [3.8, 4) is 0 Å². The number of carbonyl (C=O) groups is 1.